The summed E-state index contributed by atoms with van der Waals surface area (Å²) in [7, 11) is -15.8. The van der Waals surface area contributed by atoms with Gasteiger partial charge in [0.2, 0.25) is 0 Å². The van der Waals surface area contributed by atoms with E-state index in [0.29, 0.717) is 11.8 Å². The molecule has 64 heavy (non-hydrogen) atoms. The quantitative estimate of drug-likeness (QED) is 0.0610. The fraction of sp³-hybridized carbons (Fsp3) is 0. The van der Waals surface area contributed by atoms with Crippen LogP contribution in [0.25, 0.3) is 32.7 Å². The van der Waals surface area contributed by atoms with E-state index in [0.717, 1.165) is 36.0 Å². The average Bonchev–Trinajstić information content (AvgIpc) is 3.17. The number of anilines is 2. The zero-order valence-corrected chi connectivity index (χ0v) is 43.4. The Balaban J connectivity index is 0.00000282. The second kappa shape index (κ2) is 22.7. The molecule has 0 aliphatic carbocycles. The Kier molecular flexibility index (Phi) is 20.3. The van der Waals surface area contributed by atoms with Gasteiger partial charge < -0.3 is 39.4 Å². The van der Waals surface area contributed by atoms with Gasteiger partial charge in [-0.05, 0) is 94.7 Å². The molecule has 0 unspecified atom stereocenters. The second-order valence-electron chi connectivity index (χ2n) is 12.6. The third-order valence-corrected chi connectivity index (χ3v) is 11.3. The van der Waals surface area contributed by atoms with Gasteiger partial charge in [0, 0.05) is 56.3 Å². The van der Waals surface area contributed by atoms with Crippen LogP contribution in [-0.2, 0) is 64.5 Å². The van der Waals surface area contributed by atoms with Gasteiger partial charge in [0.25, 0.3) is 0 Å². The normalized spacial score (nSPS) is 11.5. The van der Waals surface area contributed by atoms with Crippen LogP contribution in [0.3, 0.4) is 0 Å². The fourth-order valence-electron chi connectivity index (χ4n) is 6.05. The Bertz CT molecular complexity index is 3300. The minimum Gasteiger partial charge on any atom is -0.744 e. The minimum atomic E-state index is -5.36. The molecule has 0 atom stereocenters. The predicted octanol–water partition coefficient (Wildman–Crippen LogP) is -1.22. The van der Waals surface area contributed by atoms with Gasteiger partial charge in [-0.1, -0.05) is 42.5 Å². The molecular formula is C38H24Cu2N5Na3O13S3. The van der Waals surface area contributed by atoms with Crippen molar-refractivity contribution in [2.45, 2.75) is 14.7 Å². The molecule has 0 bridgehead atoms. The number of nitrogens with zero attached hydrogens (tertiary/aromatic N) is 4. The van der Waals surface area contributed by atoms with Crippen molar-refractivity contribution in [3.05, 3.63) is 115 Å². The summed E-state index contributed by atoms with van der Waals surface area (Å²) in [6.45, 7) is 0. The van der Waals surface area contributed by atoms with Gasteiger partial charge in [0.1, 0.15) is 64.6 Å². The molecule has 0 heterocycles. The van der Waals surface area contributed by atoms with Gasteiger partial charge in [-0.2, -0.15) is 0 Å². The molecule has 0 aliphatic rings. The molecular weight excluding hydrogens is 1030 g/mol. The molecule has 0 aromatic heterocycles. The topological polar surface area (TPSA) is 314 Å². The van der Waals surface area contributed by atoms with Gasteiger partial charge in [-0.25, -0.2) is 25.3 Å². The third kappa shape index (κ3) is 12.5. The molecule has 2 radical (unpaired) electrons. The smallest absolute Gasteiger partial charge is 0.744 e. The van der Waals surface area contributed by atoms with Crippen molar-refractivity contribution in [2.24, 2.45) is 20.5 Å². The van der Waals surface area contributed by atoms with E-state index in [9.17, 15) is 59.3 Å². The minimum absolute atomic E-state index is 0. The standard InChI is InChI=1S/C38H27N5O13S3.2Cu.3Na/c44-29-16-20(9-13-27(29)40-42-35-33(59(54,55)56)19-23-15-25(11-12-26(23)37(35)46)39-24-6-2-1-3-7-24)21-10-14-28(30(45)17-21)41-43-36-32(58(51,52)53)18-22-5-4-8-31(57(48,49)50)34(22)38(36)47;;;;;/h1-19,39,44-47H,(H,48,49,50)(H,51,52,53)(H,54,55,56);;;;;/q;;;3*+1/p-3. The summed E-state index contributed by atoms with van der Waals surface area (Å²) in [4.78, 5) is -2.88. The van der Waals surface area contributed by atoms with E-state index < -0.39 is 84.8 Å². The number of aromatic hydroxyl groups is 4. The number of fused-ring (bicyclic) bond motifs is 2. The van der Waals surface area contributed by atoms with E-state index in [1.807, 2.05) is 18.2 Å². The van der Waals surface area contributed by atoms with Gasteiger partial charge in [-0.15, -0.1) is 20.5 Å². The van der Waals surface area contributed by atoms with Crippen LogP contribution >= 0.6 is 0 Å². The molecule has 0 saturated heterocycles. The first kappa shape index (κ1) is 57.2. The van der Waals surface area contributed by atoms with Crippen molar-refractivity contribution >= 4 is 86.0 Å². The zero-order chi connectivity index (χ0) is 42.4. The third-order valence-electron chi connectivity index (χ3n) is 8.76. The maximum atomic E-state index is 12.3. The summed E-state index contributed by atoms with van der Waals surface area (Å²) >= 11 is 0. The van der Waals surface area contributed by atoms with Gasteiger partial charge in [-0.3, -0.25) is 0 Å². The summed E-state index contributed by atoms with van der Waals surface area (Å²) in [5.74, 6) is -2.88. The summed E-state index contributed by atoms with van der Waals surface area (Å²) in [6.07, 6.45) is 0. The SMILES string of the molecule is O=S(=O)([O-])c1cc2cc(Nc3ccccc3)ccc2c(O)c1N=Nc1ccc(-c2ccc(N=Nc3c(S(=O)(=O)[O-])cc4cccc(S(=O)(=O)[O-])c4c3O)c(O)c2)cc1O.[Cu].[Cu].[Na+].[Na+].[Na+]. The summed E-state index contributed by atoms with van der Waals surface area (Å²) in [5, 5.41) is 61.1. The average molecular weight is 1050 g/mol. The molecule has 0 fully saturated rings. The van der Waals surface area contributed by atoms with Crippen LogP contribution in [0.2, 0.25) is 0 Å². The number of phenols is 4. The van der Waals surface area contributed by atoms with Crippen molar-refractivity contribution in [2.75, 3.05) is 5.32 Å². The van der Waals surface area contributed by atoms with Crippen molar-refractivity contribution in [1.29, 1.82) is 0 Å². The Morgan fingerprint density at radius 2 is 0.938 bits per heavy atom. The molecule has 7 aromatic carbocycles. The number of rotatable bonds is 10. The van der Waals surface area contributed by atoms with Crippen molar-refractivity contribution in [3.63, 3.8) is 0 Å². The first-order valence-corrected chi connectivity index (χ1v) is 20.8. The summed E-state index contributed by atoms with van der Waals surface area (Å²) in [6, 6.07) is 26.2. The fourth-order valence-corrected chi connectivity index (χ4v) is 8.05. The Morgan fingerprint density at radius 3 is 1.42 bits per heavy atom. The summed E-state index contributed by atoms with van der Waals surface area (Å²) in [5.41, 5.74) is -0.403. The molecule has 7 aromatic rings. The number of nitrogens with one attached hydrogen (secondary N) is 1. The van der Waals surface area contributed by atoms with Gasteiger partial charge >= 0.3 is 88.7 Å². The van der Waals surface area contributed by atoms with Crippen LogP contribution in [0.1, 0.15) is 0 Å². The zero-order valence-electron chi connectivity index (χ0n) is 33.0. The first-order chi connectivity index (χ1) is 27.8. The monoisotopic (exact) mass is 1050 g/mol. The van der Waals surface area contributed by atoms with Crippen molar-refractivity contribution in [3.8, 4) is 34.1 Å². The maximum absolute atomic E-state index is 12.3. The van der Waals surface area contributed by atoms with Crippen LogP contribution < -0.4 is 94.0 Å². The van der Waals surface area contributed by atoms with Crippen LogP contribution in [0.15, 0.2) is 150 Å². The van der Waals surface area contributed by atoms with Crippen LogP contribution in [0.4, 0.5) is 34.1 Å². The Morgan fingerprint density at radius 1 is 0.453 bits per heavy atom. The van der Waals surface area contributed by atoms with Gasteiger partial charge in [0.05, 0.1) is 14.7 Å². The van der Waals surface area contributed by atoms with Crippen molar-refractivity contribution in [1.82, 2.24) is 0 Å². The molecule has 322 valence electrons. The van der Waals surface area contributed by atoms with E-state index in [-0.39, 0.29) is 161 Å². The Hall–Kier alpha value is -2.97. The molecule has 5 N–H and O–H groups in total. The molecule has 0 saturated carbocycles. The first-order valence-electron chi connectivity index (χ1n) is 16.6. The molecule has 0 spiro atoms. The molecule has 7 rings (SSSR count). The second-order valence-corrected chi connectivity index (χ2v) is 16.6. The van der Waals surface area contributed by atoms with E-state index in [2.05, 4.69) is 25.8 Å². The largest absolute Gasteiger partial charge is 1.00 e. The maximum Gasteiger partial charge on any atom is 1.00 e. The van der Waals surface area contributed by atoms with E-state index in [4.69, 9.17) is 0 Å². The number of azo groups is 2. The van der Waals surface area contributed by atoms with Crippen LogP contribution in [0, 0.1) is 0 Å². The van der Waals surface area contributed by atoms with Crippen LogP contribution in [-0.4, -0.2) is 59.3 Å². The number of phenolic OH excluding ortho intramolecular Hbond substituents is 4. The molecule has 18 nitrogen and oxygen atoms in total. The van der Waals surface area contributed by atoms with Crippen LogP contribution in [0.5, 0.6) is 23.0 Å². The molecule has 0 amide bonds. The molecule has 26 heteroatoms. The van der Waals surface area contributed by atoms with E-state index in [1.54, 1.807) is 18.2 Å². The van der Waals surface area contributed by atoms with Gasteiger partial charge in [0.15, 0.2) is 11.5 Å². The summed E-state index contributed by atoms with van der Waals surface area (Å²) < 4.78 is 109. The number of benzene rings is 7. The number of para-hydroxylation sites is 1. The number of hydrogen-bond acceptors (Lipinski definition) is 18. The molecule has 0 aliphatic heterocycles. The Labute approximate surface area is 452 Å². The van der Waals surface area contributed by atoms with E-state index in [1.165, 1.54) is 42.5 Å². The van der Waals surface area contributed by atoms with E-state index >= 15 is 0 Å². The van der Waals surface area contributed by atoms with Crippen molar-refractivity contribution < 1.29 is 182 Å². The predicted molar refractivity (Wildman–Crippen MR) is 208 cm³/mol. The number of hydrogen-bond donors (Lipinski definition) is 5.